The average molecular weight is 621 g/mol. The molecule has 1 saturated heterocycles. The predicted octanol–water partition coefficient (Wildman–Crippen LogP) is 1.89. The molecule has 5 aliphatic carbocycles. The number of fused-ring (bicyclic) bond motifs is 6. The molecule has 0 spiro atoms. The third-order valence-corrected chi connectivity index (χ3v) is 11.6. The van der Waals surface area contributed by atoms with Crippen molar-refractivity contribution in [3.8, 4) is 0 Å². The largest absolute Gasteiger partial charge is 0.459 e. The zero-order valence-electron chi connectivity index (χ0n) is 23.1. The molecule has 12 nitrogen and oxygen atoms in total. The average Bonchev–Trinajstić information content (AvgIpc) is 3.69. The molecule has 0 aromatic heterocycles. The highest BCUT2D eigenvalue weighted by atomic mass is 32.2. The lowest BCUT2D eigenvalue weighted by molar-refractivity contribution is -0.177. The van der Waals surface area contributed by atoms with E-state index in [2.05, 4.69) is 4.74 Å². The Morgan fingerprint density at radius 3 is 2.29 bits per heavy atom. The van der Waals surface area contributed by atoms with Crippen molar-refractivity contribution >= 4 is 34.0 Å². The van der Waals surface area contributed by atoms with Crippen LogP contribution in [0.15, 0.2) is 0 Å². The van der Waals surface area contributed by atoms with Crippen molar-refractivity contribution in [1.82, 2.24) is 0 Å². The Hall–Kier alpha value is -2.39. The van der Waals surface area contributed by atoms with Crippen LogP contribution < -0.4 is 0 Å². The molecule has 6 aliphatic rings. The maximum absolute atomic E-state index is 13.6. The van der Waals surface area contributed by atoms with E-state index in [1.165, 1.54) is 19.3 Å². The molecule has 1 aliphatic heterocycles. The van der Waals surface area contributed by atoms with Gasteiger partial charge in [-0.1, -0.05) is 0 Å². The van der Waals surface area contributed by atoms with Crippen LogP contribution in [0.3, 0.4) is 0 Å². The molecule has 1 N–H and O–H groups in total. The molecule has 4 bridgehead atoms. The van der Waals surface area contributed by atoms with E-state index in [1.54, 1.807) is 0 Å². The summed E-state index contributed by atoms with van der Waals surface area (Å²) >= 11 is 0. The molecule has 5 saturated carbocycles. The molecule has 1 heterocycles. The molecule has 15 heteroatoms. The minimum atomic E-state index is -5.83. The molecule has 0 aromatic rings. The highest BCUT2D eigenvalue weighted by Gasteiger charge is 2.70. The van der Waals surface area contributed by atoms with Crippen LogP contribution in [0, 0.1) is 47.3 Å². The van der Waals surface area contributed by atoms with Gasteiger partial charge in [-0.25, -0.2) is 9.59 Å². The van der Waals surface area contributed by atoms with E-state index in [1.807, 2.05) is 6.92 Å². The summed E-state index contributed by atoms with van der Waals surface area (Å²) in [7, 11) is -5.83. The van der Waals surface area contributed by atoms with Crippen LogP contribution in [-0.2, 0) is 53.0 Å². The number of alkyl halides is 2. The van der Waals surface area contributed by atoms with E-state index in [0.29, 0.717) is 37.0 Å². The van der Waals surface area contributed by atoms with Crippen molar-refractivity contribution in [3.63, 3.8) is 0 Å². The first kappa shape index (κ1) is 29.7. The molecular formula is C27H34F2O12S. The van der Waals surface area contributed by atoms with Gasteiger partial charge in [0.15, 0.2) is 6.10 Å². The van der Waals surface area contributed by atoms with E-state index < -0.39 is 94.1 Å². The predicted molar refractivity (Wildman–Crippen MR) is 133 cm³/mol. The summed E-state index contributed by atoms with van der Waals surface area (Å²) in [6, 6.07) is 0. The van der Waals surface area contributed by atoms with Crippen molar-refractivity contribution in [2.24, 2.45) is 47.3 Å². The number of halogens is 2. The molecule has 6 fully saturated rings. The third kappa shape index (κ3) is 4.79. The Morgan fingerprint density at radius 2 is 1.67 bits per heavy atom. The van der Waals surface area contributed by atoms with E-state index >= 15 is 0 Å². The summed E-state index contributed by atoms with van der Waals surface area (Å²) in [5, 5.41) is -4.74. The minimum Gasteiger partial charge on any atom is -0.459 e. The fraction of sp³-hybridized carbons (Fsp3) is 0.852. The maximum Gasteiger partial charge on any atom is 0.405 e. The summed E-state index contributed by atoms with van der Waals surface area (Å²) in [6.45, 7) is 0.745. The van der Waals surface area contributed by atoms with Crippen LogP contribution >= 0.6 is 0 Å². The van der Waals surface area contributed by atoms with Gasteiger partial charge >= 0.3 is 39.2 Å². The van der Waals surface area contributed by atoms with Gasteiger partial charge in [-0.3, -0.25) is 14.1 Å². The molecule has 11 atom stereocenters. The first-order valence-corrected chi connectivity index (χ1v) is 15.8. The highest BCUT2D eigenvalue weighted by Crippen LogP contribution is 2.63. The van der Waals surface area contributed by atoms with E-state index in [-0.39, 0.29) is 5.92 Å². The normalized spacial score (nSPS) is 41.9. The molecule has 11 unspecified atom stereocenters. The second-order valence-electron chi connectivity index (χ2n) is 13.1. The summed E-state index contributed by atoms with van der Waals surface area (Å²) in [6.07, 6.45) is 1.65. The Labute approximate surface area is 240 Å². The Bertz CT molecular complexity index is 1270. The first-order chi connectivity index (χ1) is 19.6. The number of hydrogen-bond acceptors (Lipinski definition) is 11. The summed E-state index contributed by atoms with van der Waals surface area (Å²) < 4.78 is 83.5. The minimum absolute atomic E-state index is 0.300. The second kappa shape index (κ2) is 10.1. The quantitative estimate of drug-likeness (QED) is 0.214. The molecule has 0 aromatic carbocycles. The van der Waals surface area contributed by atoms with E-state index in [4.69, 9.17) is 23.5 Å². The van der Waals surface area contributed by atoms with Crippen molar-refractivity contribution < 1.29 is 64.6 Å². The maximum atomic E-state index is 13.6. The van der Waals surface area contributed by atoms with Crippen LogP contribution in [0.5, 0.6) is 0 Å². The van der Waals surface area contributed by atoms with Gasteiger partial charge in [0.05, 0.1) is 11.8 Å². The van der Waals surface area contributed by atoms with E-state index in [0.717, 1.165) is 12.8 Å². The Balaban J connectivity index is 1.02. The Kier molecular flexibility index (Phi) is 7.12. The van der Waals surface area contributed by atoms with Gasteiger partial charge in [0.2, 0.25) is 0 Å². The lowest BCUT2D eigenvalue weighted by Crippen LogP contribution is -2.45. The number of rotatable bonds is 10. The molecule has 0 radical (unpaired) electrons. The van der Waals surface area contributed by atoms with Gasteiger partial charge in [-0.2, -0.15) is 17.2 Å². The van der Waals surface area contributed by atoms with Gasteiger partial charge in [-0.15, -0.1) is 0 Å². The second-order valence-corrected chi connectivity index (χ2v) is 14.6. The third-order valence-electron chi connectivity index (χ3n) is 10.6. The number of ether oxygens (including phenoxy) is 5. The molecule has 6 rings (SSSR count). The zero-order chi connectivity index (χ0) is 30.4. The van der Waals surface area contributed by atoms with Crippen LogP contribution in [0.25, 0.3) is 0 Å². The fourth-order valence-corrected chi connectivity index (χ4v) is 9.49. The smallest absolute Gasteiger partial charge is 0.405 e. The lowest BCUT2D eigenvalue weighted by Gasteiger charge is -2.33. The monoisotopic (exact) mass is 620 g/mol. The van der Waals surface area contributed by atoms with Gasteiger partial charge in [0.25, 0.3) is 0 Å². The van der Waals surface area contributed by atoms with Gasteiger partial charge in [-0.05, 0) is 76.0 Å². The van der Waals surface area contributed by atoms with Crippen molar-refractivity contribution in [2.45, 2.75) is 81.5 Å². The van der Waals surface area contributed by atoms with Crippen LogP contribution in [0.4, 0.5) is 8.78 Å². The lowest BCUT2D eigenvalue weighted by atomic mass is 9.78. The van der Waals surface area contributed by atoms with Crippen LogP contribution in [0.2, 0.25) is 0 Å². The topological polar surface area (TPSA) is 169 Å². The molecular weight excluding hydrogens is 586 g/mol. The van der Waals surface area contributed by atoms with Crippen molar-refractivity contribution in [2.75, 3.05) is 13.2 Å². The van der Waals surface area contributed by atoms with Crippen molar-refractivity contribution in [3.05, 3.63) is 0 Å². The Morgan fingerprint density at radius 1 is 1.05 bits per heavy atom. The van der Waals surface area contributed by atoms with E-state index in [9.17, 15) is 36.4 Å². The van der Waals surface area contributed by atoms with Crippen LogP contribution in [0.1, 0.15) is 52.4 Å². The number of esters is 4. The molecule has 0 amide bonds. The standard InChI is InChI=1S/C27H34F2O12S/c1-11(27(28,29)42(34,35)36)38-18(30)9-37-10-19(31)39-22-15-6-14-20(24(32)40-23(14)22)21(15)25(33)41-26(2)7-16-12-3-4-13(5-12)17(16)8-26/h11-17,20-23H,3-10H2,1-2H3,(H,34,35,36). The zero-order valence-corrected chi connectivity index (χ0v) is 23.9. The van der Waals surface area contributed by atoms with Crippen molar-refractivity contribution in [1.29, 1.82) is 0 Å². The summed E-state index contributed by atoms with van der Waals surface area (Å²) in [4.78, 5) is 50.6. The summed E-state index contributed by atoms with van der Waals surface area (Å²) in [5.41, 5.74) is -0.602. The molecule has 42 heavy (non-hydrogen) atoms. The van der Waals surface area contributed by atoms with Gasteiger partial charge < -0.3 is 23.7 Å². The summed E-state index contributed by atoms with van der Waals surface area (Å²) in [5.74, 6) is -3.09. The molecule has 234 valence electrons. The van der Waals surface area contributed by atoms with Crippen LogP contribution in [-0.4, -0.2) is 79.2 Å². The fourth-order valence-electron chi connectivity index (χ4n) is 9.02. The number of carbonyl (C=O) groups excluding carboxylic acids is 4. The number of carbonyl (C=O) groups is 4. The first-order valence-electron chi connectivity index (χ1n) is 14.3. The SMILES string of the molecule is CC(OC(=O)COCC(=O)OC1C2CC3C1OC(=O)C3C2C(=O)OC1(C)CC2C3CCC(C3)C2C1)C(F)(F)S(=O)(=O)O. The highest BCUT2D eigenvalue weighted by molar-refractivity contribution is 7.86. The van der Waals surface area contributed by atoms with Gasteiger partial charge in [0, 0.05) is 11.8 Å². The van der Waals surface area contributed by atoms with Gasteiger partial charge in [0.1, 0.15) is 31.0 Å². The number of hydrogen-bond donors (Lipinski definition) is 1.